The second kappa shape index (κ2) is 8.22. The third-order valence-electron chi connectivity index (χ3n) is 3.43. The minimum Gasteiger partial charge on any atom is -0.493 e. The van der Waals surface area contributed by atoms with Crippen molar-refractivity contribution in [3.05, 3.63) is 71.3 Å². The van der Waals surface area contributed by atoms with Crippen molar-refractivity contribution in [2.24, 2.45) is 0 Å². The molecule has 0 aliphatic carbocycles. The highest BCUT2D eigenvalue weighted by Crippen LogP contribution is 2.29. The first-order valence-electron chi connectivity index (χ1n) is 7.23. The Morgan fingerprint density at radius 3 is 2.17 bits per heavy atom. The van der Waals surface area contributed by atoms with E-state index in [1.54, 1.807) is 26.4 Å². The van der Waals surface area contributed by atoms with E-state index < -0.39 is 0 Å². The van der Waals surface area contributed by atoms with Gasteiger partial charge in [-0.1, -0.05) is 48.6 Å². The Bertz CT molecular complexity index is 837. The van der Waals surface area contributed by atoms with Crippen LogP contribution in [0.15, 0.2) is 60.2 Å². The molecule has 0 spiro atoms. The van der Waals surface area contributed by atoms with Crippen LogP contribution in [-0.2, 0) is 0 Å². The van der Waals surface area contributed by atoms with Crippen LogP contribution in [0.1, 0.15) is 11.1 Å². The highest BCUT2D eigenvalue weighted by Gasteiger charge is 2.07. The predicted octanol–water partition coefficient (Wildman–Crippen LogP) is 4.22. The smallest absolute Gasteiger partial charge is 0.161 e. The average molecular weight is 316 g/mol. The van der Waals surface area contributed by atoms with Gasteiger partial charge in [-0.15, -0.1) is 0 Å². The van der Waals surface area contributed by atoms with Gasteiger partial charge in [0.2, 0.25) is 0 Å². The molecule has 0 atom stereocenters. The number of hydrogen-bond acceptors (Lipinski definition) is 4. The molecule has 0 radical (unpaired) electrons. The molecule has 0 bridgehead atoms. The molecule has 4 nitrogen and oxygen atoms in total. The van der Waals surface area contributed by atoms with Gasteiger partial charge in [-0.3, -0.25) is 0 Å². The van der Waals surface area contributed by atoms with Gasteiger partial charge in [0.1, 0.15) is 17.7 Å². The Morgan fingerprint density at radius 2 is 1.58 bits per heavy atom. The molecular weight excluding hydrogens is 300 g/mol. The van der Waals surface area contributed by atoms with Crippen molar-refractivity contribution < 1.29 is 9.47 Å². The highest BCUT2D eigenvalue weighted by molar-refractivity contribution is 5.85. The van der Waals surface area contributed by atoms with Crippen molar-refractivity contribution in [3.63, 3.8) is 0 Å². The fourth-order valence-electron chi connectivity index (χ4n) is 2.22. The summed E-state index contributed by atoms with van der Waals surface area (Å²) in [5.41, 5.74) is 2.33. The molecule has 2 aromatic rings. The van der Waals surface area contributed by atoms with Crippen molar-refractivity contribution >= 4 is 11.6 Å². The number of ether oxygens (including phenoxy) is 2. The molecule has 2 rings (SSSR count). The summed E-state index contributed by atoms with van der Waals surface area (Å²) in [5, 5.41) is 18.4. The van der Waals surface area contributed by atoms with Crippen LogP contribution in [-0.4, -0.2) is 14.2 Å². The van der Waals surface area contributed by atoms with E-state index in [1.807, 2.05) is 60.7 Å². The van der Waals surface area contributed by atoms with E-state index in [9.17, 15) is 10.5 Å². The van der Waals surface area contributed by atoms with E-state index in [4.69, 9.17) is 9.47 Å². The zero-order chi connectivity index (χ0) is 17.4. The molecule has 0 N–H and O–H groups in total. The maximum absolute atomic E-state index is 9.20. The molecule has 24 heavy (non-hydrogen) atoms. The quantitative estimate of drug-likeness (QED) is 0.612. The van der Waals surface area contributed by atoms with Crippen molar-refractivity contribution in [2.45, 2.75) is 0 Å². The summed E-state index contributed by atoms with van der Waals surface area (Å²) in [5.74, 6) is 1.26. The first-order valence-corrected chi connectivity index (χ1v) is 7.23. The van der Waals surface area contributed by atoms with Gasteiger partial charge < -0.3 is 9.47 Å². The molecule has 0 saturated heterocycles. The predicted molar refractivity (Wildman–Crippen MR) is 93.2 cm³/mol. The Balaban J connectivity index is 2.45. The molecule has 4 heteroatoms. The Kier molecular flexibility index (Phi) is 5.77. The first kappa shape index (κ1) is 16.9. The molecule has 2 aromatic carbocycles. The lowest BCUT2D eigenvalue weighted by Crippen LogP contribution is -1.90. The lowest BCUT2D eigenvalue weighted by atomic mass is 9.99. The lowest BCUT2D eigenvalue weighted by molar-refractivity contribution is 0.355. The van der Waals surface area contributed by atoms with Crippen LogP contribution in [0.5, 0.6) is 11.5 Å². The normalized spacial score (nSPS) is 9.83. The maximum Gasteiger partial charge on any atom is 0.161 e. The minimum atomic E-state index is 0.0675. The van der Waals surface area contributed by atoms with Crippen molar-refractivity contribution in [1.29, 1.82) is 10.5 Å². The molecule has 118 valence electrons. The van der Waals surface area contributed by atoms with Gasteiger partial charge in [0.05, 0.1) is 14.2 Å². The summed E-state index contributed by atoms with van der Waals surface area (Å²) in [4.78, 5) is 0. The van der Waals surface area contributed by atoms with E-state index >= 15 is 0 Å². The van der Waals surface area contributed by atoms with Gasteiger partial charge in [-0.2, -0.15) is 10.5 Å². The van der Waals surface area contributed by atoms with E-state index in [-0.39, 0.29) is 5.57 Å². The number of allylic oxidation sites excluding steroid dienone is 3. The monoisotopic (exact) mass is 316 g/mol. The van der Waals surface area contributed by atoms with Gasteiger partial charge in [0.15, 0.2) is 11.5 Å². The third-order valence-corrected chi connectivity index (χ3v) is 3.43. The van der Waals surface area contributed by atoms with E-state index in [0.29, 0.717) is 17.1 Å². The molecule has 0 aromatic heterocycles. The topological polar surface area (TPSA) is 66.0 Å². The third kappa shape index (κ3) is 3.82. The number of benzene rings is 2. The number of rotatable bonds is 5. The fraction of sp³-hybridized carbons (Fsp3) is 0.100. The van der Waals surface area contributed by atoms with Crippen LogP contribution in [0.3, 0.4) is 0 Å². The van der Waals surface area contributed by atoms with E-state index in [2.05, 4.69) is 0 Å². The summed E-state index contributed by atoms with van der Waals surface area (Å²) in [7, 11) is 3.15. The van der Waals surface area contributed by atoms with Crippen LogP contribution < -0.4 is 9.47 Å². The van der Waals surface area contributed by atoms with Crippen LogP contribution in [0.25, 0.3) is 11.6 Å². The zero-order valence-electron chi connectivity index (χ0n) is 13.5. The fourth-order valence-corrected chi connectivity index (χ4v) is 2.22. The Hall–Kier alpha value is -3.50. The van der Waals surface area contributed by atoms with Crippen molar-refractivity contribution in [2.75, 3.05) is 14.2 Å². The molecule has 0 unspecified atom stereocenters. The second-order valence-corrected chi connectivity index (χ2v) is 4.83. The molecule has 0 fully saturated rings. The van der Waals surface area contributed by atoms with Gasteiger partial charge in [0.25, 0.3) is 0 Å². The standard InChI is InChI=1S/C20H16N2O2/c1-23-19-11-9-15(12-20(19)24-2)8-10-18(17(13-21)14-22)16-6-4-3-5-7-16/h3-12H,1-2H3/b10-8+. The number of nitriles is 2. The second-order valence-electron chi connectivity index (χ2n) is 4.83. The number of nitrogens with zero attached hydrogens (tertiary/aromatic N) is 2. The van der Waals surface area contributed by atoms with Crippen LogP contribution >= 0.6 is 0 Å². The molecule has 0 amide bonds. The van der Waals surface area contributed by atoms with Crippen molar-refractivity contribution in [3.8, 4) is 23.6 Å². The summed E-state index contributed by atoms with van der Waals surface area (Å²) in [6.45, 7) is 0. The molecule has 0 heterocycles. The molecule has 0 aliphatic heterocycles. The first-order chi connectivity index (χ1) is 11.7. The molecule has 0 saturated carbocycles. The zero-order valence-corrected chi connectivity index (χ0v) is 13.5. The summed E-state index contributed by atoms with van der Waals surface area (Å²) < 4.78 is 10.5. The number of hydrogen-bond donors (Lipinski definition) is 0. The molecule has 0 aliphatic rings. The van der Waals surface area contributed by atoms with Gasteiger partial charge in [-0.25, -0.2) is 0 Å². The maximum atomic E-state index is 9.20. The van der Waals surface area contributed by atoms with Gasteiger partial charge >= 0.3 is 0 Å². The number of methoxy groups -OCH3 is 2. The average Bonchev–Trinajstić information content (AvgIpc) is 2.65. The Labute approximate surface area is 141 Å². The van der Waals surface area contributed by atoms with E-state index in [1.165, 1.54) is 0 Å². The van der Waals surface area contributed by atoms with Gasteiger partial charge in [-0.05, 0) is 23.3 Å². The highest BCUT2D eigenvalue weighted by atomic mass is 16.5. The summed E-state index contributed by atoms with van der Waals surface area (Å²) >= 11 is 0. The summed E-state index contributed by atoms with van der Waals surface area (Å²) in [6.07, 6.45) is 3.59. The largest absolute Gasteiger partial charge is 0.493 e. The van der Waals surface area contributed by atoms with Crippen LogP contribution in [0, 0.1) is 22.7 Å². The van der Waals surface area contributed by atoms with Crippen LogP contribution in [0.2, 0.25) is 0 Å². The molecular formula is C20H16N2O2. The van der Waals surface area contributed by atoms with Crippen molar-refractivity contribution in [1.82, 2.24) is 0 Å². The minimum absolute atomic E-state index is 0.0675. The summed E-state index contributed by atoms with van der Waals surface area (Å²) in [6, 6.07) is 18.8. The Morgan fingerprint density at radius 1 is 0.917 bits per heavy atom. The van der Waals surface area contributed by atoms with E-state index in [0.717, 1.165) is 11.1 Å². The van der Waals surface area contributed by atoms with Gasteiger partial charge in [0, 0.05) is 5.57 Å². The lowest BCUT2D eigenvalue weighted by Gasteiger charge is -2.08. The van der Waals surface area contributed by atoms with Crippen LogP contribution in [0.4, 0.5) is 0 Å². The SMILES string of the molecule is COc1ccc(/C=C/C(=C(C#N)C#N)c2ccccc2)cc1OC.